The van der Waals surface area contributed by atoms with Crippen LogP contribution in [0.5, 0.6) is 0 Å². The average molecular weight is 503 g/mol. The number of hydrogen-bond acceptors (Lipinski definition) is 8. The molecule has 0 atom stereocenters. The maximum atomic E-state index is 14.0. The van der Waals surface area contributed by atoms with Gasteiger partial charge in [-0.15, -0.1) is 5.10 Å². The predicted octanol–water partition coefficient (Wildman–Crippen LogP) is 2.36. The Morgan fingerprint density at radius 3 is 2.40 bits per heavy atom. The zero-order valence-corrected chi connectivity index (χ0v) is 20.0. The molecule has 11 nitrogen and oxygen atoms in total. The number of carbonyl (C=O) groups is 1. The number of rotatable bonds is 8. The lowest BCUT2D eigenvalue weighted by Crippen LogP contribution is -2.39. The minimum atomic E-state index is -3.23. The second-order valence-corrected chi connectivity index (χ2v) is 10.9. The number of nitrogens with zero attached hydrogens (tertiary/aromatic N) is 4. The summed E-state index contributed by atoms with van der Waals surface area (Å²) in [5.41, 5.74) is 1.44. The van der Waals surface area contributed by atoms with Crippen LogP contribution in [0.4, 0.5) is 21.6 Å². The van der Waals surface area contributed by atoms with Gasteiger partial charge < -0.3 is 16.0 Å². The summed E-state index contributed by atoms with van der Waals surface area (Å²) >= 11 is 0. The number of sulfonamides is 1. The van der Waals surface area contributed by atoms with Crippen LogP contribution in [0, 0.1) is 5.82 Å². The van der Waals surface area contributed by atoms with Crippen LogP contribution in [-0.2, 0) is 10.0 Å². The van der Waals surface area contributed by atoms with Crippen LogP contribution in [-0.4, -0.2) is 58.3 Å². The molecule has 2 aliphatic rings. The molecule has 0 unspecified atom stereocenters. The highest BCUT2D eigenvalue weighted by molar-refractivity contribution is 7.88. The van der Waals surface area contributed by atoms with Crippen LogP contribution in [0.1, 0.15) is 49.0 Å². The average Bonchev–Trinajstić information content (AvgIpc) is 3.51. The lowest BCUT2D eigenvalue weighted by atomic mass is 9.92. The Morgan fingerprint density at radius 1 is 1.03 bits per heavy atom. The van der Waals surface area contributed by atoms with Crippen LogP contribution in [0.25, 0.3) is 5.65 Å². The van der Waals surface area contributed by atoms with Gasteiger partial charge in [0.2, 0.25) is 10.0 Å². The van der Waals surface area contributed by atoms with Crippen molar-refractivity contribution in [1.29, 1.82) is 0 Å². The summed E-state index contributed by atoms with van der Waals surface area (Å²) in [4.78, 5) is 21.0. The van der Waals surface area contributed by atoms with Crippen molar-refractivity contribution in [2.45, 2.75) is 56.7 Å². The lowest BCUT2D eigenvalue weighted by molar-refractivity contribution is 0.102. The van der Waals surface area contributed by atoms with E-state index < -0.39 is 21.7 Å². The fraction of sp³-hybridized carbons (Fsp3) is 0.455. The van der Waals surface area contributed by atoms with Crippen molar-refractivity contribution < 1.29 is 17.6 Å². The van der Waals surface area contributed by atoms with E-state index in [2.05, 4.69) is 35.7 Å². The zero-order valence-electron chi connectivity index (χ0n) is 19.2. The van der Waals surface area contributed by atoms with Gasteiger partial charge in [0.1, 0.15) is 5.82 Å². The van der Waals surface area contributed by atoms with Gasteiger partial charge in [0.15, 0.2) is 17.2 Å². The molecule has 0 bridgehead atoms. The highest BCUT2D eigenvalue weighted by atomic mass is 32.2. The third-order valence-electron chi connectivity index (χ3n) is 6.12. The number of aromatic nitrogens is 4. The molecule has 5 rings (SSSR count). The summed E-state index contributed by atoms with van der Waals surface area (Å²) in [6.45, 7) is 0. The van der Waals surface area contributed by atoms with E-state index in [0.29, 0.717) is 17.5 Å². The number of fused-ring (bicyclic) bond motifs is 1. The van der Waals surface area contributed by atoms with Gasteiger partial charge in [-0.05, 0) is 44.6 Å². The molecule has 2 aliphatic carbocycles. The SMILES string of the molecule is CS(=O)(=O)N[C@H]1CC[C@H](Nc2cc(NC3CC3)c3ncc(C(=O)Nc4ccncc4F)n3n2)CC1. The van der Waals surface area contributed by atoms with Crippen LogP contribution in [0.2, 0.25) is 0 Å². The molecule has 13 heteroatoms. The van der Waals surface area contributed by atoms with E-state index in [1.165, 1.54) is 29.2 Å². The summed E-state index contributed by atoms with van der Waals surface area (Å²) in [5.74, 6) is -0.610. The molecule has 3 aromatic rings. The second kappa shape index (κ2) is 9.38. The van der Waals surface area contributed by atoms with Gasteiger partial charge in [-0.1, -0.05) is 0 Å². The third kappa shape index (κ3) is 5.68. The largest absolute Gasteiger partial charge is 0.379 e. The van der Waals surface area contributed by atoms with Crippen molar-refractivity contribution in [2.24, 2.45) is 0 Å². The number of amides is 1. The maximum absolute atomic E-state index is 14.0. The second-order valence-electron chi connectivity index (χ2n) is 9.13. The van der Waals surface area contributed by atoms with E-state index in [4.69, 9.17) is 0 Å². The van der Waals surface area contributed by atoms with E-state index in [0.717, 1.165) is 50.4 Å². The molecule has 0 aliphatic heterocycles. The van der Waals surface area contributed by atoms with Gasteiger partial charge in [-0.2, -0.15) is 0 Å². The number of halogens is 1. The molecule has 4 N–H and O–H groups in total. The molecule has 0 spiro atoms. The van der Waals surface area contributed by atoms with Gasteiger partial charge >= 0.3 is 0 Å². The third-order valence-corrected chi connectivity index (χ3v) is 6.88. The Morgan fingerprint density at radius 2 is 1.71 bits per heavy atom. The Labute approximate surface area is 202 Å². The van der Waals surface area contributed by atoms with E-state index >= 15 is 0 Å². The van der Waals surface area contributed by atoms with Crippen LogP contribution in [0.3, 0.4) is 0 Å². The van der Waals surface area contributed by atoms with Crippen molar-refractivity contribution in [2.75, 3.05) is 22.2 Å². The van der Waals surface area contributed by atoms with Gasteiger partial charge in [-0.3, -0.25) is 9.78 Å². The molecule has 0 aromatic carbocycles. The van der Waals surface area contributed by atoms with Gasteiger partial charge in [-0.25, -0.2) is 27.0 Å². The van der Waals surface area contributed by atoms with Crippen LogP contribution < -0.4 is 20.7 Å². The standard InChI is InChI=1S/C22H27FN8O3S/c1-35(33,34)30-15-6-4-14(5-7-15)27-20-10-18(26-13-2-3-13)21-25-12-19(31(21)29-20)22(32)28-17-8-9-24-11-16(17)23/h8-15,26,30H,2-7H2,1H3,(H,27,29)(H,24,28,32)/t14-,15-. The Bertz CT molecular complexity index is 1350. The number of nitrogens with one attached hydrogen (secondary N) is 4. The quantitative estimate of drug-likeness (QED) is 0.368. The molecule has 0 saturated heterocycles. The molecule has 3 aromatic heterocycles. The zero-order chi connectivity index (χ0) is 24.6. The smallest absolute Gasteiger partial charge is 0.276 e. The van der Waals surface area contributed by atoms with Crippen molar-refractivity contribution in [1.82, 2.24) is 24.3 Å². The summed E-state index contributed by atoms with van der Waals surface area (Å²) in [6.07, 6.45) is 10.1. The van der Waals surface area contributed by atoms with Crippen LogP contribution in [0.15, 0.2) is 30.7 Å². The van der Waals surface area contributed by atoms with Crippen molar-refractivity contribution in [3.63, 3.8) is 0 Å². The fourth-order valence-electron chi connectivity index (χ4n) is 4.28. The Hall–Kier alpha value is -3.32. The molecule has 2 fully saturated rings. The maximum Gasteiger partial charge on any atom is 0.276 e. The summed E-state index contributed by atoms with van der Waals surface area (Å²) < 4.78 is 41.1. The molecule has 186 valence electrons. The molecule has 0 radical (unpaired) electrons. The molecule has 3 heterocycles. The molecule has 2 saturated carbocycles. The van der Waals surface area contributed by atoms with Gasteiger partial charge in [0.05, 0.1) is 30.0 Å². The highest BCUT2D eigenvalue weighted by Crippen LogP contribution is 2.30. The molecule has 1 amide bonds. The highest BCUT2D eigenvalue weighted by Gasteiger charge is 2.26. The van der Waals surface area contributed by atoms with Crippen LogP contribution >= 0.6 is 0 Å². The lowest BCUT2D eigenvalue weighted by Gasteiger charge is -2.29. The Balaban J connectivity index is 1.37. The van der Waals surface area contributed by atoms with Gasteiger partial charge in [0, 0.05) is 30.4 Å². The summed E-state index contributed by atoms with van der Waals surface area (Å²) in [6, 6.07) is 3.66. The van der Waals surface area contributed by atoms with E-state index in [-0.39, 0.29) is 23.5 Å². The normalized spacial score (nSPS) is 20.5. The summed E-state index contributed by atoms with van der Waals surface area (Å²) in [7, 11) is -3.23. The minimum Gasteiger partial charge on any atom is -0.379 e. The minimum absolute atomic E-state index is 0.0185. The molecular formula is C22H27FN8O3S. The topological polar surface area (TPSA) is 142 Å². The van der Waals surface area contributed by atoms with E-state index in [1.54, 1.807) is 0 Å². The first-order valence-electron chi connectivity index (χ1n) is 11.6. The van der Waals surface area contributed by atoms with E-state index in [1.807, 2.05) is 6.07 Å². The number of imidazole rings is 1. The number of carbonyl (C=O) groups excluding carboxylic acids is 1. The fourth-order valence-corrected chi connectivity index (χ4v) is 5.12. The number of anilines is 3. The van der Waals surface area contributed by atoms with E-state index in [9.17, 15) is 17.6 Å². The molecule has 35 heavy (non-hydrogen) atoms. The first-order chi connectivity index (χ1) is 16.7. The Kier molecular flexibility index (Phi) is 6.28. The number of pyridine rings is 1. The summed E-state index contributed by atoms with van der Waals surface area (Å²) in [5, 5.41) is 14.0. The van der Waals surface area contributed by atoms with Crippen molar-refractivity contribution in [3.05, 3.63) is 42.2 Å². The molecular weight excluding hydrogens is 475 g/mol. The monoisotopic (exact) mass is 502 g/mol. The first-order valence-corrected chi connectivity index (χ1v) is 13.4. The van der Waals surface area contributed by atoms with Crippen molar-refractivity contribution in [3.8, 4) is 0 Å². The predicted molar refractivity (Wildman–Crippen MR) is 129 cm³/mol. The van der Waals surface area contributed by atoms with Crippen molar-refractivity contribution >= 4 is 38.8 Å². The van der Waals surface area contributed by atoms with Gasteiger partial charge in [0.25, 0.3) is 5.91 Å². The first kappa shape index (κ1) is 23.4. The number of hydrogen-bond donors (Lipinski definition) is 4.